The zero-order valence-corrected chi connectivity index (χ0v) is 24.9. The molecule has 0 spiro atoms. The zero-order chi connectivity index (χ0) is 27.7. The molecule has 1 saturated heterocycles. The number of carbonyl (C=O) groups excluding carboxylic acids is 3. The summed E-state index contributed by atoms with van der Waals surface area (Å²) in [6.45, 7) is 5.95. The number of nitrogens with zero attached hydrogens (tertiary/aromatic N) is 2. The predicted molar refractivity (Wildman–Crippen MR) is 157 cm³/mol. The summed E-state index contributed by atoms with van der Waals surface area (Å²) in [5.41, 5.74) is 1.77. The van der Waals surface area contributed by atoms with Gasteiger partial charge in [-0.15, -0.1) is 11.8 Å². The van der Waals surface area contributed by atoms with Crippen LogP contribution in [0, 0.1) is 5.92 Å². The SMILES string of the molecule is CN(C)c1ccc(CNC(=O)[C@H](CSCC2CCCCC2)NC(=O)C2SCC(=C=O)N2OC(C)(C)C)cc1. The molecule has 2 atom stereocenters. The van der Waals surface area contributed by atoms with Crippen molar-refractivity contribution in [2.45, 2.75) is 76.4 Å². The molecule has 2 amide bonds. The molecule has 210 valence electrons. The van der Waals surface area contributed by atoms with Gasteiger partial charge in [0.2, 0.25) is 5.91 Å². The Morgan fingerprint density at radius 2 is 1.87 bits per heavy atom. The van der Waals surface area contributed by atoms with Gasteiger partial charge in [-0.1, -0.05) is 31.4 Å². The topological polar surface area (TPSA) is 91.0 Å². The molecule has 0 aromatic heterocycles. The van der Waals surface area contributed by atoms with Gasteiger partial charge in [0.15, 0.2) is 5.37 Å². The molecule has 1 aliphatic heterocycles. The lowest BCUT2D eigenvalue weighted by atomic mass is 9.91. The first-order valence-corrected chi connectivity index (χ1v) is 15.5. The molecule has 2 N–H and O–H groups in total. The molecule has 1 aliphatic carbocycles. The predicted octanol–water partition coefficient (Wildman–Crippen LogP) is 3.99. The number of nitrogens with one attached hydrogen (secondary N) is 2. The number of benzene rings is 1. The Morgan fingerprint density at radius 1 is 1.18 bits per heavy atom. The number of hydrogen-bond acceptors (Lipinski definition) is 8. The van der Waals surface area contributed by atoms with Crippen LogP contribution in [0.4, 0.5) is 5.69 Å². The molecule has 10 heteroatoms. The maximum absolute atomic E-state index is 13.4. The Kier molecular flexibility index (Phi) is 11.5. The summed E-state index contributed by atoms with van der Waals surface area (Å²) in [5, 5.41) is 6.54. The highest BCUT2D eigenvalue weighted by atomic mass is 32.2. The third kappa shape index (κ3) is 9.26. The number of hydrogen-bond donors (Lipinski definition) is 2. The van der Waals surface area contributed by atoms with Gasteiger partial charge in [0.1, 0.15) is 17.7 Å². The van der Waals surface area contributed by atoms with E-state index < -0.39 is 17.0 Å². The maximum atomic E-state index is 13.4. The first-order valence-electron chi connectivity index (χ1n) is 13.3. The number of hydroxylamine groups is 2. The van der Waals surface area contributed by atoms with E-state index in [1.165, 1.54) is 48.9 Å². The minimum Gasteiger partial charge on any atom is -0.378 e. The number of amides is 2. The van der Waals surface area contributed by atoms with Crippen molar-refractivity contribution in [3.8, 4) is 0 Å². The molecule has 0 bridgehead atoms. The molecule has 8 nitrogen and oxygen atoms in total. The third-order valence-corrected chi connectivity index (χ3v) is 8.92. The fourth-order valence-corrected chi connectivity index (χ4v) is 6.74. The fourth-order valence-electron chi connectivity index (χ4n) is 4.44. The lowest BCUT2D eigenvalue weighted by molar-refractivity contribution is -0.209. The van der Waals surface area contributed by atoms with Crippen molar-refractivity contribution in [3.05, 3.63) is 35.5 Å². The number of carbonyl (C=O) groups is 2. The van der Waals surface area contributed by atoms with Crippen molar-refractivity contribution in [1.29, 1.82) is 0 Å². The first kappa shape index (κ1) is 30.4. The summed E-state index contributed by atoms with van der Waals surface area (Å²) in [6, 6.07) is 7.31. The van der Waals surface area contributed by atoms with Crippen LogP contribution < -0.4 is 15.5 Å². The zero-order valence-electron chi connectivity index (χ0n) is 23.2. The van der Waals surface area contributed by atoms with Gasteiger partial charge in [-0.2, -0.15) is 11.8 Å². The Morgan fingerprint density at radius 3 is 2.47 bits per heavy atom. The smallest absolute Gasteiger partial charge is 0.256 e. The van der Waals surface area contributed by atoms with Crippen molar-refractivity contribution in [2.24, 2.45) is 5.92 Å². The van der Waals surface area contributed by atoms with Crippen molar-refractivity contribution in [3.63, 3.8) is 0 Å². The molecule has 1 aromatic rings. The molecule has 1 aromatic carbocycles. The van der Waals surface area contributed by atoms with Gasteiger partial charge in [0, 0.05) is 37.8 Å². The molecule has 0 radical (unpaired) electrons. The molecule has 1 saturated carbocycles. The monoisotopic (exact) mass is 562 g/mol. The van der Waals surface area contributed by atoms with E-state index in [0.29, 0.717) is 29.7 Å². The lowest BCUT2D eigenvalue weighted by Crippen LogP contribution is -2.53. The van der Waals surface area contributed by atoms with Gasteiger partial charge in [-0.05, 0) is 63.0 Å². The minimum atomic E-state index is -0.761. The van der Waals surface area contributed by atoms with E-state index in [2.05, 4.69) is 10.6 Å². The van der Waals surface area contributed by atoms with Crippen LogP contribution in [0.3, 0.4) is 0 Å². The largest absolute Gasteiger partial charge is 0.378 e. The fraction of sp³-hybridized carbons (Fsp3) is 0.643. The summed E-state index contributed by atoms with van der Waals surface area (Å²) in [5.74, 6) is 3.80. The van der Waals surface area contributed by atoms with Crippen LogP contribution >= 0.6 is 23.5 Å². The van der Waals surface area contributed by atoms with Gasteiger partial charge in [0.25, 0.3) is 5.91 Å². The second kappa shape index (κ2) is 14.3. The standard InChI is InChI=1S/C28H42N4O4S2/c1-28(2,3)36-32-23(16-33)18-38-27(32)26(35)30-24(19-37-17-21-9-7-6-8-10-21)25(34)29-15-20-11-13-22(14-12-20)31(4)5/h11-14,21,24,27H,6-10,15,17-19H2,1-5H3,(H,29,34)(H,30,35)/t24-,27?/m0/s1. The molecular weight excluding hydrogens is 520 g/mol. The number of anilines is 1. The minimum absolute atomic E-state index is 0.219. The average molecular weight is 563 g/mol. The molecular formula is C28H42N4O4S2. The van der Waals surface area contributed by atoms with E-state index in [4.69, 9.17) is 4.84 Å². The number of thioether (sulfide) groups is 2. The van der Waals surface area contributed by atoms with Crippen LogP contribution in [0.25, 0.3) is 0 Å². The van der Waals surface area contributed by atoms with Gasteiger partial charge in [-0.3, -0.25) is 14.4 Å². The van der Waals surface area contributed by atoms with E-state index in [1.54, 1.807) is 11.8 Å². The van der Waals surface area contributed by atoms with Crippen LogP contribution in [0.15, 0.2) is 30.0 Å². The first-order chi connectivity index (χ1) is 18.1. The van der Waals surface area contributed by atoms with Crippen LogP contribution in [-0.4, -0.2) is 71.2 Å². The second-order valence-electron chi connectivity index (χ2n) is 11.1. The van der Waals surface area contributed by atoms with Crippen LogP contribution in [0.1, 0.15) is 58.4 Å². The van der Waals surface area contributed by atoms with Gasteiger partial charge in [0.05, 0.1) is 5.60 Å². The van der Waals surface area contributed by atoms with E-state index in [-0.39, 0.29) is 11.8 Å². The second-order valence-corrected chi connectivity index (χ2v) is 13.3. The molecule has 1 heterocycles. The van der Waals surface area contributed by atoms with Crippen molar-refractivity contribution in [1.82, 2.24) is 15.7 Å². The van der Waals surface area contributed by atoms with Gasteiger partial charge in [-0.25, -0.2) is 9.86 Å². The third-order valence-electron chi connectivity index (χ3n) is 6.49. The van der Waals surface area contributed by atoms with E-state index in [1.807, 2.05) is 70.0 Å². The highest BCUT2D eigenvalue weighted by molar-refractivity contribution is 8.01. The molecule has 38 heavy (non-hydrogen) atoms. The van der Waals surface area contributed by atoms with E-state index >= 15 is 0 Å². The molecule has 1 unspecified atom stereocenters. The Bertz CT molecular complexity index is 984. The highest BCUT2D eigenvalue weighted by Crippen LogP contribution is 2.33. The normalized spacial score (nSPS) is 19.1. The summed E-state index contributed by atoms with van der Waals surface area (Å²) in [7, 11) is 3.97. The van der Waals surface area contributed by atoms with Crippen LogP contribution in [-0.2, 0) is 25.8 Å². The van der Waals surface area contributed by atoms with Crippen molar-refractivity contribution in [2.75, 3.05) is 36.3 Å². The summed E-state index contributed by atoms with van der Waals surface area (Å²) in [4.78, 5) is 46.1. The molecule has 3 rings (SSSR count). The lowest BCUT2D eigenvalue weighted by Gasteiger charge is -2.31. The summed E-state index contributed by atoms with van der Waals surface area (Å²) >= 11 is 3.02. The van der Waals surface area contributed by atoms with Gasteiger partial charge >= 0.3 is 0 Å². The van der Waals surface area contributed by atoms with Crippen LogP contribution in [0.2, 0.25) is 0 Å². The summed E-state index contributed by atoms with van der Waals surface area (Å²) < 4.78 is 0. The summed E-state index contributed by atoms with van der Waals surface area (Å²) in [6.07, 6.45) is 6.32. The maximum Gasteiger partial charge on any atom is 0.256 e. The van der Waals surface area contributed by atoms with E-state index in [9.17, 15) is 14.4 Å². The average Bonchev–Trinajstić information content (AvgIpc) is 3.28. The molecule has 2 fully saturated rings. The highest BCUT2D eigenvalue weighted by Gasteiger charge is 2.40. The Hall–Kier alpha value is -2.13. The quantitative estimate of drug-likeness (QED) is 0.392. The van der Waals surface area contributed by atoms with Crippen molar-refractivity contribution >= 4 is 47.0 Å². The van der Waals surface area contributed by atoms with E-state index in [0.717, 1.165) is 17.0 Å². The Labute approximate surface area is 235 Å². The van der Waals surface area contributed by atoms with Gasteiger partial charge < -0.3 is 15.5 Å². The number of rotatable bonds is 11. The Balaban J connectivity index is 1.65. The van der Waals surface area contributed by atoms with Crippen molar-refractivity contribution < 1.29 is 19.2 Å². The van der Waals surface area contributed by atoms with Crippen LogP contribution in [0.5, 0.6) is 0 Å². The molecule has 2 aliphatic rings.